The standard InChI is InChI=1S/C18H11BrCl2O3S/c19-11-7-18(25-10-11)17(22)6-4-12-1-2-14(24-12)9-23-13-3-5-15(20)16(21)8-13/h1-8,10H,9H2/b6-4+. The van der Waals surface area contributed by atoms with E-state index < -0.39 is 0 Å². The molecule has 3 rings (SSSR count). The fourth-order valence-corrected chi connectivity index (χ4v) is 3.60. The van der Waals surface area contributed by atoms with Crippen molar-refractivity contribution in [1.82, 2.24) is 0 Å². The molecular formula is C18H11BrCl2O3S. The molecule has 3 aromatic rings. The topological polar surface area (TPSA) is 39.4 Å². The number of furan rings is 1. The monoisotopic (exact) mass is 456 g/mol. The Morgan fingerprint density at radius 1 is 1.20 bits per heavy atom. The molecule has 0 saturated heterocycles. The van der Waals surface area contributed by atoms with E-state index in [-0.39, 0.29) is 12.4 Å². The average Bonchev–Trinajstić information content (AvgIpc) is 3.23. The number of thiophene rings is 1. The lowest BCUT2D eigenvalue weighted by molar-refractivity contribution is 0.105. The van der Waals surface area contributed by atoms with Gasteiger partial charge in [-0.15, -0.1) is 11.3 Å². The quantitative estimate of drug-likeness (QED) is 0.299. The summed E-state index contributed by atoms with van der Waals surface area (Å²) in [6, 6.07) is 10.4. The third-order valence-corrected chi connectivity index (χ3v) is 5.61. The minimum atomic E-state index is -0.0688. The lowest BCUT2D eigenvalue weighted by Crippen LogP contribution is -1.93. The largest absolute Gasteiger partial charge is 0.486 e. The Kier molecular flexibility index (Phi) is 6.02. The molecule has 25 heavy (non-hydrogen) atoms. The summed E-state index contributed by atoms with van der Waals surface area (Å²) in [7, 11) is 0. The minimum Gasteiger partial charge on any atom is -0.486 e. The van der Waals surface area contributed by atoms with Crippen LogP contribution in [0.2, 0.25) is 10.0 Å². The van der Waals surface area contributed by atoms with Crippen molar-refractivity contribution in [2.75, 3.05) is 0 Å². The van der Waals surface area contributed by atoms with Crippen LogP contribution in [-0.2, 0) is 6.61 Å². The fraction of sp³-hybridized carbons (Fsp3) is 0.0556. The van der Waals surface area contributed by atoms with Crippen molar-refractivity contribution in [3.05, 3.63) is 78.8 Å². The Hall–Kier alpha value is -1.53. The zero-order chi connectivity index (χ0) is 17.8. The number of allylic oxidation sites excluding steroid dienone is 1. The van der Waals surface area contributed by atoms with Crippen LogP contribution in [0.4, 0.5) is 0 Å². The molecule has 3 nitrogen and oxygen atoms in total. The predicted molar refractivity (Wildman–Crippen MR) is 105 cm³/mol. The van der Waals surface area contributed by atoms with Gasteiger partial charge >= 0.3 is 0 Å². The van der Waals surface area contributed by atoms with E-state index in [2.05, 4.69) is 15.9 Å². The van der Waals surface area contributed by atoms with Crippen LogP contribution in [0.15, 0.2) is 56.7 Å². The van der Waals surface area contributed by atoms with Gasteiger partial charge in [0.2, 0.25) is 0 Å². The highest BCUT2D eigenvalue weighted by molar-refractivity contribution is 9.10. The van der Waals surface area contributed by atoms with Crippen LogP contribution >= 0.6 is 50.5 Å². The second-order valence-electron chi connectivity index (χ2n) is 5.00. The van der Waals surface area contributed by atoms with Gasteiger partial charge in [-0.25, -0.2) is 0 Å². The molecule has 128 valence electrons. The summed E-state index contributed by atoms with van der Waals surface area (Å²) in [5, 5.41) is 2.77. The van der Waals surface area contributed by atoms with Crippen LogP contribution in [0, 0.1) is 0 Å². The molecule has 0 aliphatic rings. The molecule has 0 saturated carbocycles. The van der Waals surface area contributed by atoms with Crippen molar-refractivity contribution in [3.63, 3.8) is 0 Å². The van der Waals surface area contributed by atoms with E-state index in [4.69, 9.17) is 32.4 Å². The Morgan fingerprint density at radius 3 is 2.76 bits per heavy atom. The third kappa shape index (κ3) is 4.98. The van der Waals surface area contributed by atoms with E-state index in [0.29, 0.717) is 32.2 Å². The molecule has 0 aliphatic heterocycles. The maximum Gasteiger partial charge on any atom is 0.195 e. The van der Waals surface area contributed by atoms with Gasteiger partial charge in [-0.1, -0.05) is 23.2 Å². The van der Waals surface area contributed by atoms with E-state index in [1.807, 2.05) is 5.38 Å². The Labute approximate surface area is 166 Å². The highest BCUT2D eigenvalue weighted by Crippen LogP contribution is 2.27. The average molecular weight is 458 g/mol. The number of halogens is 3. The Morgan fingerprint density at radius 2 is 2.04 bits per heavy atom. The molecule has 7 heteroatoms. The number of rotatable bonds is 6. The molecule has 0 unspecified atom stereocenters. The molecule has 0 spiro atoms. The van der Waals surface area contributed by atoms with Crippen molar-refractivity contribution < 1.29 is 13.9 Å². The summed E-state index contributed by atoms with van der Waals surface area (Å²) in [5.41, 5.74) is 0. The molecule has 0 atom stereocenters. The van der Waals surface area contributed by atoms with Gasteiger partial charge in [0.25, 0.3) is 0 Å². The van der Waals surface area contributed by atoms with Crippen molar-refractivity contribution in [2.45, 2.75) is 6.61 Å². The first-order chi connectivity index (χ1) is 12.0. The lowest BCUT2D eigenvalue weighted by Gasteiger charge is -2.05. The van der Waals surface area contributed by atoms with Gasteiger partial charge in [0.05, 0.1) is 14.9 Å². The number of benzene rings is 1. The van der Waals surface area contributed by atoms with Gasteiger partial charge in [-0.2, -0.15) is 0 Å². The van der Waals surface area contributed by atoms with Crippen LogP contribution in [0.25, 0.3) is 6.08 Å². The number of carbonyl (C=O) groups is 1. The molecule has 0 N–H and O–H groups in total. The molecule has 0 bridgehead atoms. The lowest BCUT2D eigenvalue weighted by atomic mass is 10.3. The summed E-state index contributed by atoms with van der Waals surface area (Å²) < 4.78 is 12.1. The van der Waals surface area contributed by atoms with Crippen molar-refractivity contribution in [1.29, 1.82) is 0 Å². The van der Waals surface area contributed by atoms with Gasteiger partial charge in [0.1, 0.15) is 23.9 Å². The first kappa shape index (κ1) is 18.3. The second-order valence-corrected chi connectivity index (χ2v) is 7.64. The SMILES string of the molecule is O=C(/C=C/c1ccc(COc2ccc(Cl)c(Cl)c2)o1)c1cc(Br)cs1. The van der Waals surface area contributed by atoms with Crippen LogP contribution in [0.1, 0.15) is 21.2 Å². The summed E-state index contributed by atoms with van der Waals surface area (Å²) in [4.78, 5) is 12.7. The smallest absolute Gasteiger partial charge is 0.195 e. The van der Waals surface area contributed by atoms with Crippen LogP contribution < -0.4 is 4.74 Å². The molecule has 0 fully saturated rings. The van der Waals surface area contributed by atoms with E-state index >= 15 is 0 Å². The Balaban J connectivity index is 1.59. The van der Waals surface area contributed by atoms with E-state index in [0.717, 1.165) is 4.47 Å². The normalized spacial score (nSPS) is 11.2. The van der Waals surface area contributed by atoms with Crippen molar-refractivity contribution >= 4 is 62.3 Å². The molecule has 0 aliphatic carbocycles. The summed E-state index contributed by atoms with van der Waals surface area (Å²) in [5.74, 6) is 1.75. The van der Waals surface area contributed by atoms with Crippen LogP contribution in [0.3, 0.4) is 0 Å². The highest BCUT2D eigenvalue weighted by atomic mass is 79.9. The fourth-order valence-electron chi connectivity index (χ4n) is 1.96. The number of ketones is 1. The van der Waals surface area contributed by atoms with E-state index in [1.165, 1.54) is 17.4 Å². The molecule has 2 heterocycles. The van der Waals surface area contributed by atoms with Gasteiger partial charge < -0.3 is 9.15 Å². The van der Waals surface area contributed by atoms with Crippen molar-refractivity contribution in [3.8, 4) is 5.75 Å². The second kappa shape index (κ2) is 8.23. The predicted octanol–water partition coefficient (Wildman–Crippen LogP) is 6.89. The zero-order valence-electron chi connectivity index (χ0n) is 12.7. The van der Waals surface area contributed by atoms with Crippen molar-refractivity contribution in [2.24, 2.45) is 0 Å². The summed E-state index contributed by atoms with van der Waals surface area (Å²) in [6.45, 7) is 0.248. The third-order valence-electron chi connectivity index (χ3n) is 3.16. The molecule has 0 amide bonds. The maximum atomic E-state index is 12.0. The molecular weight excluding hydrogens is 447 g/mol. The number of ether oxygens (including phenoxy) is 1. The summed E-state index contributed by atoms with van der Waals surface area (Å²) in [6.07, 6.45) is 3.12. The number of hydrogen-bond acceptors (Lipinski definition) is 4. The highest BCUT2D eigenvalue weighted by Gasteiger charge is 2.06. The zero-order valence-corrected chi connectivity index (χ0v) is 16.6. The maximum absolute atomic E-state index is 12.0. The van der Waals surface area contributed by atoms with Gasteiger partial charge in [-0.3, -0.25) is 4.79 Å². The Bertz CT molecular complexity index is 930. The van der Waals surface area contributed by atoms with Gasteiger partial charge in [0.15, 0.2) is 5.78 Å². The first-order valence-corrected chi connectivity index (χ1v) is 9.57. The molecule has 0 radical (unpaired) electrons. The van der Waals surface area contributed by atoms with E-state index in [9.17, 15) is 4.79 Å². The molecule has 1 aromatic carbocycles. The number of hydrogen-bond donors (Lipinski definition) is 0. The minimum absolute atomic E-state index is 0.0688. The molecule has 2 aromatic heterocycles. The van der Waals surface area contributed by atoms with Crippen LogP contribution in [0.5, 0.6) is 5.75 Å². The summed E-state index contributed by atoms with van der Waals surface area (Å²) >= 11 is 16.5. The van der Waals surface area contributed by atoms with E-state index in [1.54, 1.807) is 42.5 Å². The van der Waals surface area contributed by atoms with Gasteiger partial charge in [-0.05, 0) is 58.4 Å². The first-order valence-electron chi connectivity index (χ1n) is 7.14. The van der Waals surface area contributed by atoms with Crippen LogP contribution in [-0.4, -0.2) is 5.78 Å². The number of carbonyl (C=O) groups excluding carboxylic acids is 1. The van der Waals surface area contributed by atoms with Gasteiger partial charge in [0, 0.05) is 15.9 Å².